The molecule has 0 spiro atoms. The molecule has 0 saturated heterocycles. The number of ether oxygens (including phenoxy) is 1. The molecule has 0 aromatic heterocycles. The van der Waals surface area contributed by atoms with Crippen LogP contribution in [0.4, 0.5) is 0 Å². The number of rotatable bonds is 4. The fourth-order valence-corrected chi connectivity index (χ4v) is 2.56. The average Bonchev–Trinajstić information content (AvgIpc) is 2.38. The van der Waals surface area contributed by atoms with Gasteiger partial charge in [0, 0.05) is 5.56 Å². The third-order valence-electron chi connectivity index (χ3n) is 3.33. The monoisotopic (exact) mass is 274 g/mol. The predicted molar refractivity (Wildman–Crippen MR) is 81.0 cm³/mol. The molecule has 0 N–H and O–H groups in total. The largest absolute Gasteiger partial charge is 0.489 e. The van der Waals surface area contributed by atoms with Gasteiger partial charge in [-0.1, -0.05) is 35.9 Å². The van der Waals surface area contributed by atoms with E-state index >= 15 is 0 Å². The smallest absolute Gasteiger partial charge is 0.124 e. The van der Waals surface area contributed by atoms with Gasteiger partial charge in [-0.15, -0.1) is 11.6 Å². The molecule has 100 valence electrons. The van der Waals surface area contributed by atoms with Gasteiger partial charge in [0.1, 0.15) is 12.4 Å². The SMILES string of the molecule is Cc1cc(C)c(COc2ccccc2CCl)c(C)c1. The van der Waals surface area contributed by atoms with Crippen molar-refractivity contribution >= 4 is 11.6 Å². The minimum Gasteiger partial charge on any atom is -0.489 e. The van der Waals surface area contributed by atoms with Crippen LogP contribution in [0, 0.1) is 20.8 Å². The van der Waals surface area contributed by atoms with Crippen LogP contribution in [0.15, 0.2) is 36.4 Å². The summed E-state index contributed by atoms with van der Waals surface area (Å²) >= 11 is 5.92. The molecule has 19 heavy (non-hydrogen) atoms. The van der Waals surface area contributed by atoms with Gasteiger partial charge in [-0.3, -0.25) is 0 Å². The molecule has 0 aliphatic rings. The molecular formula is C17H19ClO. The van der Waals surface area contributed by atoms with E-state index in [1.54, 1.807) is 0 Å². The molecule has 1 nitrogen and oxygen atoms in total. The Morgan fingerprint density at radius 2 is 1.63 bits per heavy atom. The Morgan fingerprint density at radius 1 is 1.00 bits per heavy atom. The van der Waals surface area contributed by atoms with Crippen molar-refractivity contribution in [2.24, 2.45) is 0 Å². The first-order valence-corrected chi connectivity index (χ1v) is 6.98. The standard InChI is InChI=1S/C17H19ClO/c1-12-8-13(2)16(14(3)9-12)11-19-17-7-5-4-6-15(17)10-18/h4-9H,10-11H2,1-3H3. The lowest BCUT2D eigenvalue weighted by Gasteiger charge is -2.14. The lowest BCUT2D eigenvalue weighted by molar-refractivity contribution is 0.302. The van der Waals surface area contributed by atoms with Gasteiger partial charge in [0.05, 0.1) is 5.88 Å². The van der Waals surface area contributed by atoms with Crippen LogP contribution in [-0.4, -0.2) is 0 Å². The van der Waals surface area contributed by atoms with Crippen LogP contribution < -0.4 is 4.74 Å². The summed E-state index contributed by atoms with van der Waals surface area (Å²) in [6.45, 7) is 6.97. The van der Waals surface area contributed by atoms with Gasteiger partial charge in [0.15, 0.2) is 0 Å². The molecule has 0 saturated carbocycles. The number of aryl methyl sites for hydroxylation is 3. The van der Waals surface area contributed by atoms with Crippen LogP contribution >= 0.6 is 11.6 Å². The number of halogens is 1. The lowest BCUT2D eigenvalue weighted by Crippen LogP contribution is -2.02. The Hall–Kier alpha value is -1.47. The Labute approximate surface area is 120 Å². The molecule has 0 radical (unpaired) electrons. The summed E-state index contributed by atoms with van der Waals surface area (Å²) in [5.41, 5.74) is 6.14. The fraction of sp³-hybridized carbons (Fsp3) is 0.294. The van der Waals surface area contributed by atoms with Gasteiger partial charge < -0.3 is 4.74 Å². The molecule has 0 unspecified atom stereocenters. The number of alkyl halides is 1. The highest BCUT2D eigenvalue weighted by molar-refractivity contribution is 6.17. The van der Waals surface area contributed by atoms with E-state index in [0.29, 0.717) is 12.5 Å². The molecule has 0 aliphatic heterocycles. The van der Waals surface area contributed by atoms with Gasteiger partial charge in [-0.05, 0) is 43.5 Å². The van der Waals surface area contributed by atoms with E-state index in [1.807, 2.05) is 24.3 Å². The maximum absolute atomic E-state index is 5.93. The molecule has 0 fully saturated rings. The third kappa shape index (κ3) is 3.30. The van der Waals surface area contributed by atoms with Crippen molar-refractivity contribution in [3.05, 3.63) is 64.2 Å². The van der Waals surface area contributed by atoms with Crippen LogP contribution in [0.5, 0.6) is 5.75 Å². The quantitative estimate of drug-likeness (QED) is 0.719. The molecule has 0 atom stereocenters. The first-order chi connectivity index (χ1) is 9.11. The molecule has 0 bridgehead atoms. The van der Waals surface area contributed by atoms with Crippen LogP contribution in [0.2, 0.25) is 0 Å². The van der Waals surface area contributed by atoms with Crippen molar-refractivity contribution in [2.75, 3.05) is 0 Å². The maximum atomic E-state index is 5.93. The van der Waals surface area contributed by atoms with Crippen LogP contribution in [-0.2, 0) is 12.5 Å². The van der Waals surface area contributed by atoms with Gasteiger partial charge >= 0.3 is 0 Å². The zero-order chi connectivity index (χ0) is 13.8. The van der Waals surface area contributed by atoms with Crippen molar-refractivity contribution in [2.45, 2.75) is 33.3 Å². The van der Waals surface area contributed by atoms with Crippen LogP contribution in [0.3, 0.4) is 0 Å². The van der Waals surface area contributed by atoms with Gasteiger partial charge in [-0.25, -0.2) is 0 Å². The van der Waals surface area contributed by atoms with Crippen molar-refractivity contribution < 1.29 is 4.74 Å². The van der Waals surface area contributed by atoms with E-state index in [4.69, 9.17) is 16.3 Å². The molecule has 2 rings (SSSR count). The second kappa shape index (κ2) is 6.12. The van der Waals surface area contributed by atoms with Crippen LogP contribution in [0.25, 0.3) is 0 Å². The summed E-state index contributed by atoms with van der Waals surface area (Å²) in [6.07, 6.45) is 0. The van der Waals surface area contributed by atoms with E-state index in [0.717, 1.165) is 11.3 Å². The highest BCUT2D eigenvalue weighted by Gasteiger charge is 2.07. The predicted octanol–water partition coefficient (Wildman–Crippen LogP) is 4.93. The molecule has 2 aromatic carbocycles. The number of hydrogen-bond donors (Lipinski definition) is 0. The summed E-state index contributed by atoms with van der Waals surface area (Å²) in [5, 5.41) is 0. The normalized spacial score (nSPS) is 10.5. The van der Waals surface area contributed by atoms with Crippen molar-refractivity contribution in [1.82, 2.24) is 0 Å². The number of hydrogen-bond acceptors (Lipinski definition) is 1. The number of benzene rings is 2. The summed E-state index contributed by atoms with van der Waals surface area (Å²) in [7, 11) is 0. The Kier molecular flexibility index (Phi) is 4.49. The van der Waals surface area contributed by atoms with Gasteiger partial charge in [-0.2, -0.15) is 0 Å². The molecule has 0 aliphatic carbocycles. The van der Waals surface area contributed by atoms with E-state index in [9.17, 15) is 0 Å². The third-order valence-corrected chi connectivity index (χ3v) is 3.62. The minimum absolute atomic E-state index is 0.474. The summed E-state index contributed by atoms with van der Waals surface area (Å²) in [4.78, 5) is 0. The van der Waals surface area contributed by atoms with Gasteiger partial charge in [0.25, 0.3) is 0 Å². The summed E-state index contributed by atoms with van der Waals surface area (Å²) < 4.78 is 5.93. The Morgan fingerprint density at radius 3 is 2.26 bits per heavy atom. The minimum atomic E-state index is 0.474. The topological polar surface area (TPSA) is 9.23 Å². The molecule has 0 amide bonds. The average molecular weight is 275 g/mol. The molecule has 0 heterocycles. The first-order valence-electron chi connectivity index (χ1n) is 6.45. The molecular weight excluding hydrogens is 256 g/mol. The van der Waals surface area contributed by atoms with Crippen molar-refractivity contribution in [3.63, 3.8) is 0 Å². The zero-order valence-electron chi connectivity index (χ0n) is 11.7. The molecule has 2 aromatic rings. The Balaban J connectivity index is 2.19. The van der Waals surface area contributed by atoms with Crippen LogP contribution in [0.1, 0.15) is 27.8 Å². The van der Waals surface area contributed by atoms with E-state index < -0.39 is 0 Å². The summed E-state index contributed by atoms with van der Waals surface area (Å²) in [5.74, 6) is 1.35. The molecule has 2 heteroatoms. The zero-order valence-corrected chi connectivity index (χ0v) is 12.4. The maximum Gasteiger partial charge on any atom is 0.124 e. The first kappa shape index (κ1) is 14.0. The second-order valence-corrected chi connectivity index (χ2v) is 5.17. The van der Waals surface area contributed by atoms with E-state index in [1.165, 1.54) is 22.3 Å². The summed E-state index contributed by atoms with van der Waals surface area (Å²) in [6, 6.07) is 12.3. The van der Waals surface area contributed by atoms with E-state index in [2.05, 4.69) is 32.9 Å². The second-order valence-electron chi connectivity index (χ2n) is 4.91. The Bertz CT molecular complexity index is 552. The highest BCUT2D eigenvalue weighted by atomic mass is 35.5. The van der Waals surface area contributed by atoms with Crippen molar-refractivity contribution in [3.8, 4) is 5.75 Å². The van der Waals surface area contributed by atoms with E-state index in [-0.39, 0.29) is 0 Å². The highest BCUT2D eigenvalue weighted by Crippen LogP contribution is 2.23. The fourth-order valence-electron chi connectivity index (χ4n) is 2.34. The van der Waals surface area contributed by atoms with Gasteiger partial charge in [0.2, 0.25) is 0 Å². The lowest BCUT2D eigenvalue weighted by atomic mass is 10.0. The number of para-hydroxylation sites is 1. The van der Waals surface area contributed by atoms with Crippen molar-refractivity contribution in [1.29, 1.82) is 0 Å².